The van der Waals surface area contributed by atoms with Crippen molar-refractivity contribution in [1.29, 1.82) is 0 Å². The third-order valence-electron chi connectivity index (χ3n) is 3.02. The number of allylic oxidation sites excluding steroid dienone is 2. The molecule has 0 bridgehead atoms. The van der Waals surface area contributed by atoms with E-state index in [1.54, 1.807) is 13.1 Å². The van der Waals surface area contributed by atoms with Gasteiger partial charge in [-0.1, -0.05) is 12.1 Å². The molecule has 1 aromatic heterocycles. The molecule has 1 unspecified atom stereocenters. The van der Waals surface area contributed by atoms with Crippen molar-refractivity contribution >= 4 is 11.4 Å². The predicted octanol–water partition coefficient (Wildman–Crippen LogP) is 2.85. The van der Waals surface area contributed by atoms with Gasteiger partial charge in [-0.25, -0.2) is 0 Å². The van der Waals surface area contributed by atoms with Crippen LogP contribution in [-0.2, 0) is 4.79 Å². The molecule has 2 rings (SSSR count). The summed E-state index contributed by atoms with van der Waals surface area (Å²) in [5, 5.41) is 0. The molecule has 1 heterocycles. The van der Waals surface area contributed by atoms with Crippen molar-refractivity contribution in [3.63, 3.8) is 0 Å². The Hall–Kier alpha value is -1.44. The Labute approximate surface area is 90.0 Å². The summed E-state index contributed by atoms with van der Waals surface area (Å²) in [6.45, 7) is 1.69. The Bertz CT molecular complexity index is 381. The molecular formula is C13H15NO. The molecule has 1 aliphatic rings. The first-order valence-corrected chi connectivity index (χ1v) is 5.37. The second kappa shape index (κ2) is 4.39. The Balaban J connectivity index is 2.12. The minimum Gasteiger partial charge on any atom is -0.300 e. The van der Waals surface area contributed by atoms with Gasteiger partial charge in [0.15, 0.2) is 0 Å². The molecule has 0 saturated heterocycles. The van der Waals surface area contributed by atoms with Crippen molar-refractivity contribution in [2.24, 2.45) is 5.92 Å². The third kappa shape index (κ3) is 2.32. The maximum absolute atomic E-state index is 11.2. The van der Waals surface area contributed by atoms with Crippen LogP contribution in [0.25, 0.3) is 5.57 Å². The van der Waals surface area contributed by atoms with Crippen molar-refractivity contribution < 1.29 is 4.79 Å². The highest BCUT2D eigenvalue weighted by molar-refractivity contribution is 5.80. The number of hydrogen-bond donors (Lipinski definition) is 0. The van der Waals surface area contributed by atoms with Crippen LogP contribution < -0.4 is 0 Å². The molecule has 0 spiro atoms. The van der Waals surface area contributed by atoms with Crippen LogP contribution in [0.15, 0.2) is 30.6 Å². The van der Waals surface area contributed by atoms with Crippen LogP contribution in [-0.4, -0.2) is 10.8 Å². The summed E-state index contributed by atoms with van der Waals surface area (Å²) in [5.74, 6) is 0.557. The zero-order valence-corrected chi connectivity index (χ0v) is 8.94. The highest BCUT2D eigenvalue weighted by atomic mass is 16.1. The third-order valence-corrected chi connectivity index (χ3v) is 3.02. The zero-order valence-electron chi connectivity index (χ0n) is 8.94. The van der Waals surface area contributed by atoms with E-state index >= 15 is 0 Å². The Kier molecular flexibility index (Phi) is 2.95. The van der Waals surface area contributed by atoms with Gasteiger partial charge in [0, 0.05) is 18.3 Å². The molecule has 1 aromatic rings. The van der Waals surface area contributed by atoms with Gasteiger partial charge in [0.1, 0.15) is 5.78 Å². The average Bonchev–Trinajstić information content (AvgIpc) is 2.30. The molecule has 0 radical (unpaired) electrons. The molecule has 0 N–H and O–H groups in total. The number of aromatic nitrogens is 1. The fourth-order valence-electron chi connectivity index (χ4n) is 2.02. The largest absolute Gasteiger partial charge is 0.300 e. The number of hydrogen-bond acceptors (Lipinski definition) is 2. The average molecular weight is 201 g/mol. The highest BCUT2D eigenvalue weighted by Gasteiger charge is 2.18. The standard InChI is InChI=1S/C13H15NO/c1-10(15)11-4-6-12(7-5-11)13-3-2-8-14-9-13/h2-3,6,8-9,11H,4-5,7H2,1H3. The van der Waals surface area contributed by atoms with Crippen molar-refractivity contribution in [1.82, 2.24) is 4.98 Å². The summed E-state index contributed by atoms with van der Waals surface area (Å²) in [6.07, 6.45) is 8.73. The number of Topliss-reactive ketones (excluding diaryl/α,β-unsaturated/α-hetero) is 1. The Morgan fingerprint density at radius 2 is 2.40 bits per heavy atom. The summed E-state index contributed by atoms with van der Waals surface area (Å²) in [6, 6.07) is 4.03. The van der Waals surface area contributed by atoms with Crippen LogP contribution in [0.4, 0.5) is 0 Å². The van der Waals surface area contributed by atoms with Gasteiger partial charge in [0.05, 0.1) is 0 Å². The van der Waals surface area contributed by atoms with E-state index in [1.165, 1.54) is 11.1 Å². The summed E-state index contributed by atoms with van der Waals surface area (Å²) < 4.78 is 0. The fourth-order valence-corrected chi connectivity index (χ4v) is 2.02. The van der Waals surface area contributed by atoms with E-state index in [-0.39, 0.29) is 5.92 Å². The lowest BCUT2D eigenvalue weighted by Crippen LogP contribution is -2.13. The molecule has 15 heavy (non-hydrogen) atoms. The molecule has 2 heteroatoms. The lowest BCUT2D eigenvalue weighted by Gasteiger charge is -2.19. The van der Waals surface area contributed by atoms with Crippen molar-refractivity contribution in [2.75, 3.05) is 0 Å². The number of rotatable bonds is 2. The van der Waals surface area contributed by atoms with Crippen molar-refractivity contribution in [2.45, 2.75) is 26.2 Å². The zero-order chi connectivity index (χ0) is 10.7. The van der Waals surface area contributed by atoms with Crippen LogP contribution in [0.1, 0.15) is 31.7 Å². The lowest BCUT2D eigenvalue weighted by molar-refractivity contribution is -0.120. The van der Waals surface area contributed by atoms with E-state index in [1.807, 2.05) is 12.3 Å². The predicted molar refractivity (Wildman–Crippen MR) is 60.2 cm³/mol. The van der Waals surface area contributed by atoms with Gasteiger partial charge >= 0.3 is 0 Å². The molecule has 0 fully saturated rings. The monoisotopic (exact) mass is 201 g/mol. The van der Waals surface area contributed by atoms with Gasteiger partial charge in [-0.2, -0.15) is 0 Å². The number of ketones is 1. The molecular weight excluding hydrogens is 186 g/mol. The summed E-state index contributed by atoms with van der Waals surface area (Å²) >= 11 is 0. The number of nitrogens with zero attached hydrogens (tertiary/aromatic N) is 1. The lowest BCUT2D eigenvalue weighted by atomic mass is 9.85. The minimum absolute atomic E-state index is 0.241. The van der Waals surface area contributed by atoms with Gasteiger partial charge in [-0.05, 0) is 43.4 Å². The van der Waals surface area contributed by atoms with E-state index in [9.17, 15) is 4.79 Å². The van der Waals surface area contributed by atoms with Gasteiger partial charge in [0.25, 0.3) is 0 Å². The van der Waals surface area contributed by atoms with Crippen molar-refractivity contribution in [3.8, 4) is 0 Å². The van der Waals surface area contributed by atoms with E-state index in [2.05, 4.69) is 17.1 Å². The summed E-state index contributed by atoms with van der Waals surface area (Å²) in [4.78, 5) is 15.3. The van der Waals surface area contributed by atoms with E-state index < -0.39 is 0 Å². The summed E-state index contributed by atoms with van der Waals surface area (Å²) in [5.41, 5.74) is 2.53. The summed E-state index contributed by atoms with van der Waals surface area (Å²) in [7, 11) is 0. The maximum atomic E-state index is 11.2. The SMILES string of the molecule is CC(=O)C1CC=C(c2cccnc2)CC1. The first kappa shape index (κ1) is 10.1. The maximum Gasteiger partial charge on any atom is 0.133 e. The van der Waals surface area contributed by atoms with E-state index in [0.29, 0.717) is 5.78 Å². The highest BCUT2D eigenvalue weighted by Crippen LogP contribution is 2.29. The van der Waals surface area contributed by atoms with E-state index in [4.69, 9.17) is 0 Å². The number of carbonyl (C=O) groups excluding carboxylic acids is 1. The van der Waals surface area contributed by atoms with Crippen LogP contribution in [0.3, 0.4) is 0 Å². The molecule has 0 aromatic carbocycles. The number of carbonyl (C=O) groups is 1. The fraction of sp³-hybridized carbons (Fsp3) is 0.385. The second-order valence-electron chi connectivity index (χ2n) is 4.05. The molecule has 78 valence electrons. The Morgan fingerprint density at radius 3 is 2.93 bits per heavy atom. The van der Waals surface area contributed by atoms with Crippen LogP contribution in [0.2, 0.25) is 0 Å². The topological polar surface area (TPSA) is 30.0 Å². The molecule has 1 aliphatic carbocycles. The quantitative estimate of drug-likeness (QED) is 0.736. The second-order valence-corrected chi connectivity index (χ2v) is 4.05. The first-order chi connectivity index (χ1) is 7.27. The van der Waals surface area contributed by atoms with Gasteiger partial charge in [-0.3, -0.25) is 9.78 Å². The van der Waals surface area contributed by atoms with E-state index in [0.717, 1.165) is 19.3 Å². The number of pyridine rings is 1. The normalized spacial score (nSPS) is 20.9. The van der Waals surface area contributed by atoms with Crippen LogP contribution >= 0.6 is 0 Å². The molecule has 2 nitrogen and oxygen atoms in total. The van der Waals surface area contributed by atoms with Crippen LogP contribution in [0.5, 0.6) is 0 Å². The molecule has 0 amide bonds. The first-order valence-electron chi connectivity index (χ1n) is 5.37. The van der Waals surface area contributed by atoms with Gasteiger partial charge in [-0.15, -0.1) is 0 Å². The minimum atomic E-state index is 0.241. The van der Waals surface area contributed by atoms with Gasteiger partial charge in [0.2, 0.25) is 0 Å². The van der Waals surface area contributed by atoms with Gasteiger partial charge < -0.3 is 0 Å². The van der Waals surface area contributed by atoms with Crippen molar-refractivity contribution in [3.05, 3.63) is 36.2 Å². The molecule has 1 atom stereocenters. The molecule has 0 saturated carbocycles. The smallest absolute Gasteiger partial charge is 0.133 e. The molecule has 0 aliphatic heterocycles. The Morgan fingerprint density at radius 1 is 1.53 bits per heavy atom. The van der Waals surface area contributed by atoms with Crippen LogP contribution in [0, 0.1) is 5.92 Å².